The van der Waals surface area contributed by atoms with Crippen LogP contribution in [-0.2, 0) is 23.7 Å². The summed E-state index contributed by atoms with van der Waals surface area (Å²) in [4.78, 5) is 13.1. The molecule has 1 amide bonds. The number of unbranched alkanes of at least 4 members (excludes halogenated alkanes) is 23. The fourth-order valence-electron chi connectivity index (χ4n) is 8.12. The summed E-state index contributed by atoms with van der Waals surface area (Å²) in [6.07, 6.45) is 13.9. The molecule has 0 saturated carbocycles. The Bertz CT molecular complexity index is 1010. The summed E-state index contributed by atoms with van der Waals surface area (Å²) < 4.78 is 22.7. The van der Waals surface area contributed by atoms with Crippen LogP contribution in [0.5, 0.6) is 0 Å². The van der Waals surface area contributed by atoms with Crippen molar-refractivity contribution < 1.29 is 64.6 Å². The molecule has 59 heavy (non-hydrogen) atoms. The first kappa shape index (κ1) is 54.1. The van der Waals surface area contributed by atoms with E-state index in [9.17, 15) is 45.6 Å². The molecule has 0 aromatic rings. The number of hydrogen-bond donors (Lipinski definition) is 9. The zero-order valence-corrected chi connectivity index (χ0v) is 36.8. The Kier molecular flexibility index (Phi) is 30.8. The van der Waals surface area contributed by atoms with Crippen LogP contribution in [0.3, 0.4) is 0 Å². The first-order valence-electron chi connectivity index (χ1n) is 23.8. The Balaban J connectivity index is 1.87. The Morgan fingerprint density at radius 2 is 0.966 bits per heavy atom. The van der Waals surface area contributed by atoms with Crippen LogP contribution < -0.4 is 5.32 Å². The van der Waals surface area contributed by atoms with Crippen molar-refractivity contribution in [3.05, 3.63) is 0 Å². The van der Waals surface area contributed by atoms with Crippen molar-refractivity contribution in [1.29, 1.82) is 0 Å². The lowest BCUT2D eigenvalue weighted by Gasteiger charge is -2.46. The third-order valence-corrected chi connectivity index (χ3v) is 12.1. The molecule has 14 nitrogen and oxygen atoms in total. The molecule has 0 aromatic carbocycles. The molecule has 14 heteroatoms. The molecule has 0 aliphatic carbocycles. The van der Waals surface area contributed by atoms with Gasteiger partial charge < -0.3 is 65.1 Å². The van der Waals surface area contributed by atoms with E-state index in [1.54, 1.807) is 0 Å². The van der Waals surface area contributed by atoms with Gasteiger partial charge in [0.05, 0.1) is 32.0 Å². The molecule has 4 unspecified atom stereocenters. The molecule has 0 radical (unpaired) electrons. The fourth-order valence-corrected chi connectivity index (χ4v) is 8.12. The van der Waals surface area contributed by atoms with Gasteiger partial charge >= 0.3 is 0 Å². The van der Waals surface area contributed by atoms with Gasteiger partial charge in [-0.25, -0.2) is 0 Å². The van der Waals surface area contributed by atoms with Gasteiger partial charge in [0.25, 0.3) is 0 Å². The Morgan fingerprint density at radius 1 is 0.542 bits per heavy atom. The number of aliphatic hydroxyl groups is 8. The van der Waals surface area contributed by atoms with E-state index in [-0.39, 0.29) is 12.5 Å². The van der Waals surface area contributed by atoms with Crippen LogP contribution in [0.25, 0.3) is 0 Å². The molecule has 9 N–H and O–H groups in total. The van der Waals surface area contributed by atoms with E-state index >= 15 is 0 Å². The minimum atomic E-state index is -1.78. The minimum Gasteiger partial charge on any atom is -0.394 e. The number of carbonyl (C=O) groups excluding carboxylic acids is 1. The predicted molar refractivity (Wildman–Crippen MR) is 226 cm³/mol. The summed E-state index contributed by atoms with van der Waals surface area (Å²) in [5, 5.41) is 86.6. The molecule has 0 spiro atoms. The maximum Gasteiger partial charge on any atom is 0.220 e. The average molecular weight is 850 g/mol. The van der Waals surface area contributed by atoms with Crippen molar-refractivity contribution >= 4 is 5.91 Å². The van der Waals surface area contributed by atoms with Gasteiger partial charge in [0.1, 0.15) is 48.8 Å². The molecule has 0 aromatic heterocycles. The van der Waals surface area contributed by atoms with Crippen LogP contribution in [0.15, 0.2) is 0 Å². The predicted octanol–water partition coefficient (Wildman–Crippen LogP) is 5.05. The van der Waals surface area contributed by atoms with Crippen LogP contribution >= 0.6 is 0 Å². The van der Waals surface area contributed by atoms with Crippen LogP contribution in [-0.4, -0.2) is 140 Å². The number of amides is 1. The van der Waals surface area contributed by atoms with E-state index in [0.29, 0.717) is 12.8 Å². The monoisotopic (exact) mass is 850 g/mol. The fraction of sp³-hybridized carbons (Fsp3) is 0.978. The van der Waals surface area contributed by atoms with Crippen LogP contribution in [0.4, 0.5) is 0 Å². The van der Waals surface area contributed by atoms with E-state index in [0.717, 1.165) is 51.4 Å². The number of rotatable bonds is 36. The average Bonchev–Trinajstić information content (AvgIpc) is 3.23. The summed E-state index contributed by atoms with van der Waals surface area (Å²) in [5.41, 5.74) is 0. The highest BCUT2D eigenvalue weighted by molar-refractivity contribution is 5.76. The topological polar surface area (TPSA) is 228 Å². The van der Waals surface area contributed by atoms with Gasteiger partial charge in [-0.2, -0.15) is 0 Å². The number of nitrogens with one attached hydrogen (secondary N) is 1. The second kappa shape index (κ2) is 33.5. The highest BCUT2D eigenvalue weighted by Gasteiger charge is 2.51. The zero-order chi connectivity index (χ0) is 43.3. The van der Waals surface area contributed by atoms with Gasteiger partial charge in [-0.15, -0.1) is 0 Å². The van der Waals surface area contributed by atoms with E-state index in [1.807, 2.05) is 0 Å². The second-order valence-corrected chi connectivity index (χ2v) is 17.2. The van der Waals surface area contributed by atoms with Crippen molar-refractivity contribution in [3.63, 3.8) is 0 Å². The lowest BCUT2D eigenvalue weighted by molar-refractivity contribution is -0.359. The standard InChI is InChI=1S/C45H87NO13/c1-3-5-7-9-11-13-15-17-18-20-22-24-26-28-34(49)33(46-37(50)29-27-25-23-21-19-16-14-12-10-8-6-4-2)32-56-44-42(55)40(53)43(36(31-48)58-44)59-45-41(54)39(52)38(51)35(30-47)57-45/h33-36,38-45,47-49,51-55H,3-32H2,1-2H3,(H,46,50)/t33-,34+,35+,36+,38-,39?,40?,41?,42?,43+,44+,45-/m0/s1. The number of hydrogen-bond acceptors (Lipinski definition) is 13. The molecule has 2 aliphatic rings. The summed E-state index contributed by atoms with van der Waals surface area (Å²) in [6.45, 7) is 2.83. The second-order valence-electron chi connectivity index (χ2n) is 17.2. The lowest BCUT2D eigenvalue weighted by Crippen LogP contribution is -2.65. The molecule has 2 aliphatic heterocycles. The van der Waals surface area contributed by atoms with Crippen molar-refractivity contribution in [1.82, 2.24) is 5.32 Å². The van der Waals surface area contributed by atoms with E-state index in [4.69, 9.17) is 18.9 Å². The third-order valence-electron chi connectivity index (χ3n) is 12.1. The highest BCUT2D eigenvalue weighted by atomic mass is 16.7. The van der Waals surface area contributed by atoms with Gasteiger partial charge in [-0.3, -0.25) is 4.79 Å². The Labute approximate surface area is 355 Å². The SMILES string of the molecule is CCCCCCCCCCCCCCC[C@@H](O)[C@H](CO[C@@H]1O[C@H](CO)[C@@H](O[C@@H]2O[C@H](CO)[C@H](O)C(O)C2O)C(O)C1O)NC(=O)CCCCCCCCCCCCCC. The quantitative estimate of drug-likeness (QED) is 0.0377. The van der Waals surface area contributed by atoms with Gasteiger partial charge in [0, 0.05) is 6.42 Å². The maximum absolute atomic E-state index is 13.1. The smallest absolute Gasteiger partial charge is 0.220 e. The van der Waals surface area contributed by atoms with Gasteiger partial charge in [0.2, 0.25) is 5.91 Å². The summed E-state index contributed by atoms with van der Waals surface area (Å²) in [6, 6.07) is -0.819. The molecule has 2 fully saturated rings. The molecular weight excluding hydrogens is 762 g/mol. The molecule has 2 saturated heterocycles. The van der Waals surface area contributed by atoms with Crippen molar-refractivity contribution in [2.24, 2.45) is 0 Å². The molecule has 2 heterocycles. The molecule has 350 valence electrons. The first-order valence-corrected chi connectivity index (χ1v) is 23.8. The summed E-state index contributed by atoms with van der Waals surface area (Å²) in [5.74, 6) is -0.207. The lowest BCUT2D eigenvalue weighted by atomic mass is 9.97. The highest BCUT2D eigenvalue weighted by Crippen LogP contribution is 2.30. The van der Waals surface area contributed by atoms with Gasteiger partial charge in [-0.05, 0) is 12.8 Å². The van der Waals surface area contributed by atoms with Crippen LogP contribution in [0.1, 0.15) is 187 Å². The van der Waals surface area contributed by atoms with Crippen LogP contribution in [0.2, 0.25) is 0 Å². The van der Waals surface area contributed by atoms with Crippen molar-refractivity contribution in [2.75, 3.05) is 19.8 Å². The van der Waals surface area contributed by atoms with E-state index in [1.165, 1.54) is 109 Å². The number of aliphatic hydroxyl groups excluding tert-OH is 8. The first-order chi connectivity index (χ1) is 28.6. The van der Waals surface area contributed by atoms with Crippen molar-refractivity contribution in [3.8, 4) is 0 Å². The minimum absolute atomic E-state index is 0.207. The number of carbonyl (C=O) groups is 1. The van der Waals surface area contributed by atoms with Crippen LogP contribution in [0, 0.1) is 0 Å². The van der Waals surface area contributed by atoms with Crippen molar-refractivity contribution in [2.45, 2.75) is 261 Å². The van der Waals surface area contributed by atoms with Gasteiger partial charge in [-0.1, -0.05) is 168 Å². The van der Waals surface area contributed by atoms with Gasteiger partial charge in [0.15, 0.2) is 12.6 Å². The van der Waals surface area contributed by atoms with E-state index in [2.05, 4.69) is 19.2 Å². The Hall–Kier alpha value is -1.01. The normalized spacial score (nSPS) is 28.4. The molecule has 0 bridgehead atoms. The molecular formula is C45H87NO13. The largest absolute Gasteiger partial charge is 0.394 e. The summed E-state index contributed by atoms with van der Waals surface area (Å²) >= 11 is 0. The molecule has 12 atom stereocenters. The van der Waals surface area contributed by atoms with E-state index < -0.39 is 86.8 Å². The zero-order valence-electron chi connectivity index (χ0n) is 36.8. The Morgan fingerprint density at radius 3 is 1.44 bits per heavy atom. The number of ether oxygens (including phenoxy) is 4. The maximum atomic E-state index is 13.1. The summed E-state index contributed by atoms with van der Waals surface area (Å²) in [7, 11) is 0. The third kappa shape index (κ3) is 21.8. The molecule has 2 rings (SSSR count).